The van der Waals surface area contributed by atoms with Crippen LogP contribution in [-0.4, -0.2) is 30.6 Å². The second kappa shape index (κ2) is 7.24. The zero-order valence-corrected chi connectivity index (χ0v) is 13.3. The first kappa shape index (κ1) is 15.5. The minimum atomic E-state index is 0.353. The van der Waals surface area contributed by atoms with Gasteiger partial charge in [-0.3, -0.25) is 0 Å². The van der Waals surface area contributed by atoms with Crippen molar-refractivity contribution < 1.29 is 0 Å². The van der Waals surface area contributed by atoms with Gasteiger partial charge in [-0.25, -0.2) is 0 Å². The summed E-state index contributed by atoms with van der Waals surface area (Å²) >= 11 is 0. The van der Waals surface area contributed by atoms with Gasteiger partial charge in [0.25, 0.3) is 0 Å². The molecular weight excluding hydrogens is 244 g/mol. The Hall–Kier alpha value is -0.860. The van der Waals surface area contributed by atoms with Crippen molar-refractivity contribution >= 4 is 0 Å². The van der Waals surface area contributed by atoms with Gasteiger partial charge in [0.1, 0.15) is 0 Å². The first-order chi connectivity index (χ1) is 9.58. The quantitative estimate of drug-likeness (QED) is 0.892. The Labute approximate surface area is 124 Å². The molecule has 3 atom stereocenters. The monoisotopic (exact) mass is 274 g/mol. The Bertz CT molecular complexity index is 388. The van der Waals surface area contributed by atoms with Crippen LogP contribution in [0.4, 0.5) is 0 Å². The average Bonchev–Trinajstić information content (AvgIpc) is 2.46. The Kier molecular flexibility index (Phi) is 5.62. The van der Waals surface area contributed by atoms with Crippen LogP contribution in [0.5, 0.6) is 0 Å². The zero-order chi connectivity index (χ0) is 14.5. The van der Waals surface area contributed by atoms with E-state index in [0.717, 1.165) is 24.8 Å². The van der Waals surface area contributed by atoms with Gasteiger partial charge < -0.3 is 10.6 Å². The molecule has 2 nitrogen and oxygen atoms in total. The van der Waals surface area contributed by atoms with E-state index in [9.17, 15) is 0 Å². The molecule has 0 bridgehead atoms. The molecule has 112 valence electrons. The van der Waals surface area contributed by atoms with E-state index in [2.05, 4.69) is 56.1 Å². The summed E-state index contributed by atoms with van der Waals surface area (Å²) in [6, 6.07) is 11.7. The molecule has 0 radical (unpaired) electrons. The Morgan fingerprint density at radius 2 is 1.90 bits per heavy atom. The molecule has 2 rings (SSSR count). The van der Waals surface area contributed by atoms with Crippen LogP contribution < -0.4 is 5.73 Å². The molecule has 3 unspecified atom stereocenters. The summed E-state index contributed by atoms with van der Waals surface area (Å²) in [5.41, 5.74) is 7.79. The van der Waals surface area contributed by atoms with E-state index in [-0.39, 0.29) is 0 Å². The van der Waals surface area contributed by atoms with E-state index >= 15 is 0 Å². The van der Waals surface area contributed by atoms with Crippen LogP contribution in [0.3, 0.4) is 0 Å². The van der Waals surface area contributed by atoms with E-state index in [1.54, 1.807) is 0 Å². The minimum absolute atomic E-state index is 0.353. The normalized spacial score (nSPS) is 27.2. The van der Waals surface area contributed by atoms with E-state index in [1.165, 1.54) is 24.8 Å². The second-order valence-electron chi connectivity index (χ2n) is 6.76. The molecule has 1 aliphatic rings. The molecule has 1 aromatic carbocycles. The summed E-state index contributed by atoms with van der Waals surface area (Å²) in [6.45, 7) is 5.80. The number of rotatable bonds is 5. The molecule has 1 aromatic rings. The van der Waals surface area contributed by atoms with Gasteiger partial charge in [-0.15, -0.1) is 0 Å². The van der Waals surface area contributed by atoms with Crippen LogP contribution in [0, 0.1) is 11.8 Å². The van der Waals surface area contributed by atoms with Crippen molar-refractivity contribution in [2.75, 3.05) is 13.6 Å². The number of hydrogen-bond donors (Lipinski definition) is 1. The fraction of sp³-hybridized carbons (Fsp3) is 0.667. The second-order valence-corrected chi connectivity index (χ2v) is 6.76. The molecule has 1 fully saturated rings. The fourth-order valence-corrected chi connectivity index (χ4v) is 3.43. The van der Waals surface area contributed by atoms with Gasteiger partial charge in [0.2, 0.25) is 0 Å². The molecular formula is C18H30N2. The van der Waals surface area contributed by atoms with Gasteiger partial charge >= 0.3 is 0 Å². The van der Waals surface area contributed by atoms with E-state index < -0.39 is 0 Å². The molecule has 0 heterocycles. The maximum Gasteiger partial charge on any atom is 0.0247 e. The summed E-state index contributed by atoms with van der Waals surface area (Å²) < 4.78 is 0. The Morgan fingerprint density at radius 3 is 2.55 bits per heavy atom. The molecule has 0 spiro atoms. The van der Waals surface area contributed by atoms with Crippen molar-refractivity contribution in [2.45, 2.75) is 51.6 Å². The van der Waals surface area contributed by atoms with Crippen molar-refractivity contribution in [3.8, 4) is 0 Å². The van der Waals surface area contributed by atoms with Crippen LogP contribution >= 0.6 is 0 Å². The molecule has 0 aromatic heterocycles. The Balaban J connectivity index is 1.88. The lowest BCUT2D eigenvalue weighted by molar-refractivity contribution is 0.119. The van der Waals surface area contributed by atoms with Crippen molar-refractivity contribution in [3.05, 3.63) is 35.9 Å². The van der Waals surface area contributed by atoms with Crippen molar-refractivity contribution in [2.24, 2.45) is 17.6 Å². The van der Waals surface area contributed by atoms with Crippen molar-refractivity contribution in [1.29, 1.82) is 0 Å². The summed E-state index contributed by atoms with van der Waals surface area (Å²) in [6.07, 6.45) is 4.88. The molecule has 0 amide bonds. The lowest BCUT2D eigenvalue weighted by atomic mass is 9.76. The number of hydrogen-bond acceptors (Lipinski definition) is 2. The number of nitrogens with zero attached hydrogens (tertiary/aromatic N) is 1. The van der Waals surface area contributed by atoms with E-state index in [4.69, 9.17) is 5.73 Å². The van der Waals surface area contributed by atoms with Crippen LogP contribution in [0.1, 0.15) is 38.7 Å². The van der Waals surface area contributed by atoms with Gasteiger partial charge in [0, 0.05) is 18.6 Å². The molecule has 20 heavy (non-hydrogen) atoms. The van der Waals surface area contributed by atoms with Gasteiger partial charge in [0.05, 0.1) is 0 Å². The zero-order valence-electron chi connectivity index (χ0n) is 13.3. The van der Waals surface area contributed by atoms with Gasteiger partial charge in [0.15, 0.2) is 0 Å². The maximum absolute atomic E-state index is 6.37. The lowest BCUT2D eigenvalue weighted by Gasteiger charge is -2.41. The molecule has 1 aliphatic carbocycles. The van der Waals surface area contributed by atoms with Crippen molar-refractivity contribution in [3.63, 3.8) is 0 Å². The summed E-state index contributed by atoms with van der Waals surface area (Å²) in [4.78, 5) is 2.49. The molecule has 0 aliphatic heterocycles. The fourth-order valence-electron chi connectivity index (χ4n) is 3.43. The highest BCUT2D eigenvalue weighted by Gasteiger charge is 2.31. The SMILES string of the molecule is CC(C)C1CCC(N)C(N(C)CCc2ccccc2)C1. The van der Waals surface area contributed by atoms with Crippen LogP contribution in [-0.2, 0) is 6.42 Å². The third kappa shape index (κ3) is 4.07. The van der Waals surface area contributed by atoms with Crippen molar-refractivity contribution in [1.82, 2.24) is 4.90 Å². The number of benzene rings is 1. The summed E-state index contributed by atoms with van der Waals surface area (Å²) in [5.74, 6) is 1.63. The standard InChI is InChI=1S/C18H30N2/c1-14(2)16-9-10-17(19)18(13-16)20(3)12-11-15-7-5-4-6-8-15/h4-8,14,16-18H,9-13,19H2,1-3H3. The highest BCUT2D eigenvalue weighted by Crippen LogP contribution is 2.31. The Morgan fingerprint density at radius 1 is 1.20 bits per heavy atom. The highest BCUT2D eigenvalue weighted by molar-refractivity contribution is 5.14. The maximum atomic E-state index is 6.37. The molecule has 2 heteroatoms. The predicted octanol–water partition coefficient (Wildman–Crippen LogP) is 3.31. The predicted molar refractivity (Wildman–Crippen MR) is 86.7 cm³/mol. The van der Waals surface area contributed by atoms with Crippen LogP contribution in [0.2, 0.25) is 0 Å². The van der Waals surface area contributed by atoms with Crippen LogP contribution in [0.15, 0.2) is 30.3 Å². The smallest absolute Gasteiger partial charge is 0.0247 e. The minimum Gasteiger partial charge on any atom is -0.326 e. The molecule has 2 N–H and O–H groups in total. The third-order valence-electron chi connectivity index (χ3n) is 5.01. The average molecular weight is 274 g/mol. The van der Waals surface area contributed by atoms with Gasteiger partial charge in [-0.1, -0.05) is 44.2 Å². The van der Waals surface area contributed by atoms with Crippen LogP contribution in [0.25, 0.3) is 0 Å². The van der Waals surface area contributed by atoms with E-state index in [0.29, 0.717) is 12.1 Å². The topological polar surface area (TPSA) is 29.3 Å². The highest BCUT2D eigenvalue weighted by atomic mass is 15.1. The largest absolute Gasteiger partial charge is 0.326 e. The van der Waals surface area contributed by atoms with E-state index in [1.807, 2.05) is 0 Å². The lowest BCUT2D eigenvalue weighted by Crippen LogP contribution is -2.50. The number of nitrogens with two attached hydrogens (primary N) is 1. The summed E-state index contributed by atoms with van der Waals surface area (Å²) in [5, 5.41) is 0. The first-order valence-electron chi connectivity index (χ1n) is 8.07. The van der Waals surface area contributed by atoms with Gasteiger partial charge in [-0.2, -0.15) is 0 Å². The molecule has 0 saturated heterocycles. The summed E-state index contributed by atoms with van der Waals surface area (Å²) in [7, 11) is 2.25. The molecule has 1 saturated carbocycles. The first-order valence-corrected chi connectivity index (χ1v) is 8.07. The third-order valence-corrected chi connectivity index (χ3v) is 5.01. The number of likely N-dealkylation sites (N-methyl/N-ethyl adjacent to an activating group) is 1. The van der Waals surface area contributed by atoms with Gasteiger partial charge in [-0.05, 0) is 50.1 Å².